The van der Waals surface area contributed by atoms with Gasteiger partial charge in [0.2, 0.25) is 0 Å². The van der Waals surface area contributed by atoms with Crippen molar-refractivity contribution in [1.82, 2.24) is 14.5 Å². The molecule has 0 spiro atoms. The van der Waals surface area contributed by atoms with Crippen molar-refractivity contribution in [3.8, 4) is 11.5 Å². The summed E-state index contributed by atoms with van der Waals surface area (Å²) in [6.45, 7) is 1.95. The highest BCUT2D eigenvalue weighted by Crippen LogP contribution is 2.40. The lowest BCUT2D eigenvalue weighted by molar-refractivity contribution is 0.422. The third kappa shape index (κ3) is 1.49. The molecule has 0 aromatic carbocycles. The Kier molecular flexibility index (Phi) is 2.17. The fraction of sp³-hybridized carbons (Fsp3) is 0.500. The van der Waals surface area contributed by atoms with Crippen LogP contribution in [0.2, 0.25) is 0 Å². The number of hydrogen-bond acceptors (Lipinski definition) is 6. The molecule has 0 amide bonds. The van der Waals surface area contributed by atoms with Gasteiger partial charge in [-0.3, -0.25) is 0 Å². The van der Waals surface area contributed by atoms with E-state index in [0.29, 0.717) is 11.8 Å². The molecular formula is C10H12N4OS. The van der Waals surface area contributed by atoms with Crippen molar-refractivity contribution in [1.29, 1.82) is 0 Å². The van der Waals surface area contributed by atoms with Gasteiger partial charge in [-0.1, -0.05) is 5.16 Å². The summed E-state index contributed by atoms with van der Waals surface area (Å²) in [6, 6.07) is 0. The van der Waals surface area contributed by atoms with Crippen LogP contribution in [0.4, 0.5) is 5.00 Å². The largest absolute Gasteiger partial charge is 0.378 e. The van der Waals surface area contributed by atoms with Crippen molar-refractivity contribution in [3.05, 3.63) is 11.5 Å². The second-order valence-corrected chi connectivity index (χ2v) is 4.73. The minimum Gasteiger partial charge on any atom is -0.378 e. The maximum absolute atomic E-state index is 5.30. The van der Waals surface area contributed by atoms with E-state index < -0.39 is 0 Å². The van der Waals surface area contributed by atoms with Gasteiger partial charge >= 0.3 is 0 Å². The standard InChI is InChI=1S/C10H12N4OS/c1-5-7(10(11-2)16-14-5)9-12-8(13-15-9)6-3-4-6/h6,11H,3-4H2,1-2H3. The zero-order valence-corrected chi connectivity index (χ0v) is 9.97. The predicted molar refractivity (Wildman–Crippen MR) is 61.7 cm³/mol. The maximum Gasteiger partial charge on any atom is 0.262 e. The number of anilines is 1. The molecule has 0 radical (unpaired) electrons. The van der Waals surface area contributed by atoms with Gasteiger partial charge in [-0.05, 0) is 31.3 Å². The lowest BCUT2D eigenvalue weighted by Crippen LogP contribution is -1.89. The van der Waals surface area contributed by atoms with Crippen LogP contribution in [0.3, 0.4) is 0 Å². The molecule has 1 fully saturated rings. The number of nitrogens with zero attached hydrogens (tertiary/aromatic N) is 3. The lowest BCUT2D eigenvalue weighted by atomic mass is 10.2. The van der Waals surface area contributed by atoms with Gasteiger partial charge in [0.25, 0.3) is 5.89 Å². The van der Waals surface area contributed by atoms with E-state index in [9.17, 15) is 0 Å². The predicted octanol–water partition coefficient (Wildman–Crippen LogP) is 2.42. The third-order valence-corrected chi connectivity index (χ3v) is 3.64. The fourth-order valence-corrected chi connectivity index (χ4v) is 2.37. The molecule has 16 heavy (non-hydrogen) atoms. The highest BCUT2D eigenvalue weighted by Gasteiger charge is 2.30. The van der Waals surface area contributed by atoms with Gasteiger partial charge in [0.1, 0.15) is 5.00 Å². The molecular weight excluding hydrogens is 224 g/mol. The molecule has 0 bridgehead atoms. The van der Waals surface area contributed by atoms with E-state index in [4.69, 9.17) is 4.52 Å². The van der Waals surface area contributed by atoms with Gasteiger partial charge in [0.05, 0.1) is 11.3 Å². The third-order valence-electron chi connectivity index (χ3n) is 2.69. The molecule has 2 aromatic heterocycles. The normalized spacial score (nSPS) is 15.4. The van der Waals surface area contributed by atoms with Crippen LogP contribution in [-0.2, 0) is 0 Å². The molecule has 1 aliphatic carbocycles. The summed E-state index contributed by atoms with van der Waals surface area (Å²) in [7, 11) is 1.87. The summed E-state index contributed by atoms with van der Waals surface area (Å²) in [5.74, 6) is 1.93. The average Bonchev–Trinajstić information content (AvgIpc) is 2.91. The first-order valence-electron chi connectivity index (χ1n) is 5.27. The molecule has 0 atom stereocenters. The van der Waals surface area contributed by atoms with Crippen LogP contribution in [-0.4, -0.2) is 21.6 Å². The summed E-state index contributed by atoms with van der Waals surface area (Å²) >= 11 is 1.42. The van der Waals surface area contributed by atoms with Gasteiger partial charge in [-0.15, -0.1) is 0 Å². The Hall–Kier alpha value is -1.43. The van der Waals surface area contributed by atoms with E-state index in [1.807, 2.05) is 14.0 Å². The zero-order valence-electron chi connectivity index (χ0n) is 9.15. The van der Waals surface area contributed by atoms with Gasteiger partial charge in [0, 0.05) is 13.0 Å². The van der Waals surface area contributed by atoms with Crippen LogP contribution in [0.1, 0.15) is 30.3 Å². The monoisotopic (exact) mass is 236 g/mol. The molecule has 1 N–H and O–H groups in total. The smallest absolute Gasteiger partial charge is 0.262 e. The molecule has 0 unspecified atom stereocenters. The number of aryl methyl sites for hydroxylation is 1. The van der Waals surface area contributed by atoms with Crippen molar-refractivity contribution in [2.24, 2.45) is 0 Å². The Labute approximate surface area is 97.0 Å². The van der Waals surface area contributed by atoms with Crippen molar-refractivity contribution in [2.45, 2.75) is 25.7 Å². The topological polar surface area (TPSA) is 63.8 Å². The second kappa shape index (κ2) is 3.55. The number of aromatic nitrogens is 3. The van der Waals surface area contributed by atoms with E-state index in [2.05, 4.69) is 19.8 Å². The van der Waals surface area contributed by atoms with Gasteiger partial charge in [-0.2, -0.15) is 9.36 Å². The van der Waals surface area contributed by atoms with Crippen LogP contribution < -0.4 is 5.32 Å². The van der Waals surface area contributed by atoms with Crippen LogP contribution in [0.15, 0.2) is 4.52 Å². The van der Waals surface area contributed by atoms with Crippen molar-refractivity contribution in [3.63, 3.8) is 0 Å². The molecule has 0 aliphatic heterocycles. The second-order valence-electron chi connectivity index (χ2n) is 3.95. The number of rotatable bonds is 3. The minimum atomic E-state index is 0.516. The van der Waals surface area contributed by atoms with Gasteiger partial charge in [0.15, 0.2) is 5.82 Å². The summed E-state index contributed by atoms with van der Waals surface area (Å²) in [5, 5.41) is 8.09. The average molecular weight is 236 g/mol. The van der Waals surface area contributed by atoms with E-state index in [1.54, 1.807) is 0 Å². The lowest BCUT2D eigenvalue weighted by Gasteiger charge is -1.96. The van der Waals surface area contributed by atoms with Gasteiger partial charge < -0.3 is 9.84 Å². The molecule has 2 heterocycles. The summed E-state index contributed by atoms with van der Waals surface area (Å²) in [4.78, 5) is 4.43. The van der Waals surface area contributed by atoms with Crippen LogP contribution in [0.25, 0.3) is 11.5 Å². The Morgan fingerprint density at radius 1 is 1.44 bits per heavy atom. The number of nitrogens with one attached hydrogen (secondary N) is 1. The maximum atomic E-state index is 5.30. The molecule has 3 rings (SSSR count). The molecule has 1 saturated carbocycles. The van der Waals surface area contributed by atoms with Crippen LogP contribution in [0.5, 0.6) is 0 Å². The molecule has 5 nitrogen and oxygen atoms in total. The van der Waals surface area contributed by atoms with Crippen molar-refractivity contribution in [2.75, 3.05) is 12.4 Å². The Morgan fingerprint density at radius 2 is 2.25 bits per heavy atom. The van der Waals surface area contributed by atoms with Crippen molar-refractivity contribution < 1.29 is 4.52 Å². The molecule has 84 valence electrons. The summed E-state index contributed by atoms with van der Waals surface area (Å²) < 4.78 is 9.58. The zero-order chi connectivity index (χ0) is 11.1. The highest BCUT2D eigenvalue weighted by molar-refractivity contribution is 7.10. The van der Waals surface area contributed by atoms with E-state index in [0.717, 1.165) is 22.1 Å². The van der Waals surface area contributed by atoms with Crippen molar-refractivity contribution >= 4 is 16.5 Å². The first-order valence-corrected chi connectivity index (χ1v) is 6.05. The van der Waals surface area contributed by atoms with E-state index in [1.165, 1.54) is 24.4 Å². The summed E-state index contributed by atoms with van der Waals surface area (Å²) in [5.41, 5.74) is 1.87. The number of hydrogen-bond donors (Lipinski definition) is 1. The van der Waals surface area contributed by atoms with E-state index >= 15 is 0 Å². The highest BCUT2D eigenvalue weighted by atomic mass is 32.1. The Balaban J connectivity index is 2.02. The first kappa shape index (κ1) is 9.77. The van der Waals surface area contributed by atoms with E-state index in [-0.39, 0.29) is 0 Å². The minimum absolute atomic E-state index is 0.516. The Bertz CT molecular complexity index is 515. The Morgan fingerprint density at radius 3 is 2.94 bits per heavy atom. The molecule has 6 heteroatoms. The molecule has 2 aromatic rings. The summed E-state index contributed by atoms with van der Waals surface area (Å²) in [6.07, 6.45) is 2.36. The van der Waals surface area contributed by atoms with Crippen LogP contribution >= 0.6 is 11.5 Å². The first-order chi connectivity index (χ1) is 7.79. The molecule has 1 aliphatic rings. The van der Waals surface area contributed by atoms with Crippen LogP contribution in [0, 0.1) is 6.92 Å². The SMILES string of the molecule is CNc1snc(C)c1-c1nc(C2CC2)no1. The van der Waals surface area contributed by atoms with Gasteiger partial charge in [-0.25, -0.2) is 0 Å². The molecule has 0 saturated heterocycles. The fourth-order valence-electron chi connectivity index (χ4n) is 1.64. The quantitative estimate of drug-likeness (QED) is 0.886.